The van der Waals surface area contributed by atoms with Crippen LogP contribution in [-0.2, 0) is 4.74 Å². The van der Waals surface area contributed by atoms with Gasteiger partial charge in [0.1, 0.15) is 5.75 Å². The van der Waals surface area contributed by atoms with E-state index in [9.17, 15) is 4.79 Å². The Morgan fingerprint density at radius 3 is 2.35 bits per heavy atom. The Hall–Kier alpha value is -3.45. The van der Waals surface area contributed by atoms with Gasteiger partial charge < -0.3 is 19.7 Å². The first-order valence-electron chi connectivity index (χ1n) is 10.4. The second kappa shape index (κ2) is 10.0. The van der Waals surface area contributed by atoms with Gasteiger partial charge >= 0.3 is 6.01 Å². The van der Waals surface area contributed by atoms with Gasteiger partial charge in [0.25, 0.3) is 5.91 Å². The summed E-state index contributed by atoms with van der Waals surface area (Å²) in [6, 6.07) is 17.4. The zero-order valence-corrected chi connectivity index (χ0v) is 17.5. The van der Waals surface area contributed by atoms with Crippen molar-refractivity contribution in [3.8, 4) is 11.8 Å². The van der Waals surface area contributed by atoms with E-state index in [-0.39, 0.29) is 11.9 Å². The molecule has 2 aromatic carbocycles. The van der Waals surface area contributed by atoms with E-state index in [1.54, 1.807) is 7.11 Å². The second-order valence-electron chi connectivity index (χ2n) is 7.56. The molecule has 1 N–H and O–H groups in total. The lowest BCUT2D eigenvalue weighted by molar-refractivity contribution is 0.102. The predicted octanol–water partition coefficient (Wildman–Crippen LogP) is 4.38. The molecule has 160 valence electrons. The summed E-state index contributed by atoms with van der Waals surface area (Å²) in [4.78, 5) is 23.1. The molecular weight excluding hydrogens is 392 g/mol. The van der Waals surface area contributed by atoms with Crippen molar-refractivity contribution in [2.45, 2.75) is 12.8 Å². The molecule has 1 saturated heterocycles. The van der Waals surface area contributed by atoms with Crippen molar-refractivity contribution < 1.29 is 14.3 Å². The van der Waals surface area contributed by atoms with Crippen LogP contribution in [0.5, 0.6) is 11.8 Å². The van der Waals surface area contributed by atoms with Crippen molar-refractivity contribution in [2.24, 2.45) is 5.92 Å². The summed E-state index contributed by atoms with van der Waals surface area (Å²) in [7, 11) is 1.76. The Morgan fingerprint density at radius 1 is 1.03 bits per heavy atom. The van der Waals surface area contributed by atoms with Crippen molar-refractivity contribution in [2.75, 3.05) is 37.0 Å². The quantitative estimate of drug-likeness (QED) is 0.613. The largest absolute Gasteiger partial charge is 0.424 e. The SMILES string of the molecule is COCC1CCN(c2ccc(NC(=O)c3cnc(Oc4ccccc4)nc3)cc2)CC1. The molecular formula is C24H26N4O3. The normalized spacial score (nSPS) is 14.3. The van der Waals surface area contributed by atoms with Gasteiger partial charge in [0, 0.05) is 50.6 Å². The van der Waals surface area contributed by atoms with Crippen molar-refractivity contribution >= 4 is 17.3 Å². The molecule has 2 heterocycles. The van der Waals surface area contributed by atoms with E-state index in [1.807, 2.05) is 54.6 Å². The third kappa shape index (κ3) is 5.58. The van der Waals surface area contributed by atoms with E-state index in [0.29, 0.717) is 17.2 Å². The first-order chi connectivity index (χ1) is 15.2. The number of ether oxygens (including phenoxy) is 2. The Kier molecular flexibility index (Phi) is 6.74. The van der Waals surface area contributed by atoms with Crippen molar-refractivity contribution in [1.29, 1.82) is 0 Å². The number of amides is 1. The molecule has 0 bridgehead atoms. The summed E-state index contributed by atoms with van der Waals surface area (Å²) >= 11 is 0. The molecule has 0 radical (unpaired) electrons. The minimum Gasteiger partial charge on any atom is -0.424 e. The maximum absolute atomic E-state index is 12.5. The first-order valence-corrected chi connectivity index (χ1v) is 10.4. The summed E-state index contributed by atoms with van der Waals surface area (Å²) in [5.41, 5.74) is 2.26. The monoisotopic (exact) mass is 418 g/mol. The van der Waals surface area contributed by atoms with Crippen LogP contribution >= 0.6 is 0 Å². The summed E-state index contributed by atoms with van der Waals surface area (Å²) in [6.45, 7) is 2.88. The molecule has 1 amide bonds. The van der Waals surface area contributed by atoms with Gasteiger partial charge in [-0.05, 0) is 55.2 Å². The molecule has 1 fully saturated rings. The van der Waals surface area contributed by atoms with Crippen molar-refractivity contribution in [3.05, 3.63) is 72.6 Å². The van der Waals surface area contributed by atoms with Gasteiger partial charge in [0.15, 0.2) is 0 Å². The van der Waals surface area contributed by atoms with Gasteiger partial charge in [-0.25, -0.2) is 9.97 Å². The number of nitrogens with one attached hydrogen (secondary N) is 1. The van der Waals surface area contributed by atoms with Crippen LogP contribution in [0.3, 0.4) is 0 Å². The molecule has 7 nitrogen and oxygen atoms in total. The number of methoxy groups -OCH3 is 1. The second-order valence-corrected chi connectivity index (χ2v) is 7.56. The maximum Gasteiger partial charge on any atom is 0.321 e. The van der Waals surface area contributed by atoms with Crippen LogP contribution < -0.4 is 15.0 Å². The first kappa shape index (κ1) is 20.8. The third-order valence-electron chi connectivity index (χ3n) is 5.35. The third-order valence-corrected chi connectivity index (χ3v) is 5.35. The minimum atomic E-state index is -0.264. The fourth-order valence-corrected chi connectivity index (χ4v) is 3.63. The standard InChI is InChI=1S/C24H26N4O3/c1-30-17-18-11-13-28(14-12-18)21-9-7-20(8-10-21)27-23(29)19-15-25-24(26-16-19)31-22-5-3-2-4-6-22/h2-10,15-16,18H,11-14,17H2,1H3,(H,27,29). The van der Waals surface area contributed by atoms with Crippen molar-refractivity contribution in [1.82, 2.24) is 9.97 Å². The minimum absolute atomic E-state index is 0.196. The lowest BCUT2D eigenvalue weighted by Gasteiger charge is -2.33. The molecule has 4 rings (SSSR count). The molecule has 0 saturated carbocycles. The molecule has 0 aliphatic carbocycles. The van der Waals surface area contributed by atoms with Crippen molar-refractivity contribution in [3.63, 3.8) is 0 Å². The summed E-state index contributed by atoms with van der Waals surface area (Å²) in [6.07, 6.45) is 5.19. The number of hydrogen-bond acceptors (Lipinski definition) is 6. The average molecular weight is 418 g/mol. The topological polar surface area (TPSA) is 76.6 Å². The maximum atomic E-state index is 12.5. The highest BCUT2D eigenvalue weighted by Gasteiger charge is 2.19. The number of para-hydroxylation sites is 1. The number of nitrogens with zero attached hydrogens (tertiary/aromatic N) is 3. The number of carbonyl (C=O) groups is 1. The van der Waals surface area contributed by atoms with Gasteiger partial charge in [-0.15, -0.1) is 0 Å². The Balaban J connectivity index is 1.31. The number of carbonyl (C=O) groups excluding carboxylic acids is 1. The fourth-order valence-electron chi connectivity index (χ4n) is 3.63. The number of rotatable bonds is 7. The van der Waals surface area contributed by atoms with E-state index in [1.165, 1.54) is 18.1 Å². The molecule has 0 spiro atoms. The summed E-state index contributed by atoms with van der Waals surface area (Å²) < 4.78 is 10.8. The number of anilines is 2. The molecule has 31 heavy (non-hydrogen) atoms. The lowest BCUT2D eigenvalue weighted by Crippen LogP contribution is -2.34. The zero-order valence-electron chi connectivity index (χ0n) is 17.5. The summed E-state index contributed by atoms with van der Waals surface area (Å²) in [5, 5.41) is 2.89. The summed E-state index contributed by atoms with van der Waals surface area (Å²) in [5.74, 6) is 1.02. The van der Waals surface area contributed by atoms with E-state index >= 15 is 0 Å². The highest BCUT2D eigenvalue weighted by Crippen LogP contribution is 2.25. The average Bonchev–Trinajstić information content (AvgIpc) is 2.81. The number of aromatic nitrogens is 2. The van der Waals surface area contributed by atoms with Gasteiger partial charge in [0.05, 0.1) is 5.56 Å². The van der Waals surface area contributed by atoms with Crippen LogP contribution in [0, 0.1) is 5.92 Å². The Morgan fingerprint density at radius 2 is 1.71 bits per heavy atom. The molecule has 3 aromatic rings. The molecule has 0 atom stereocenters. The molecule has 1 aromatic heterocycles. The van der Waals surface area contributed by atoms with Gasteiger partial charge in [-0.2, -0.15) is 0 Å². The number of hydrogen-bond donors (Lipinski definition) is 1. The van der Waals surface area contributed by atoms with Gasteiger partial charge in [0.2, 0.25) is 0 Å². The molecule has 7 heteroatoms. The Labute approximate surface area is 182 Å². The van der Waals surface area contributed by atoms with E-state index < -0.39 is 0 Å². The van der Waals surface area contributed by atoms with Crippen LogP contribution in [0.1, 0.15) is 23.2 Å². The molecule has 1 aliphatic heterocycles. The van der Waals surface area contributed by atoms with Gasteiger partial charge in [-0.3, -0.25) is 4.79 Å². The number of piperidine rings is 1. The van der Waals surface area contributed by atoms with E-state index in [2.05, 4.69) is 20.2 Å². The van der Waals surface area contributed by atoms with Gasteiger partial charge in [-0.1, -0.05) is 18.2 Å². The molecule has 1 aliphatic rings. The Bertz CT molecular complexity index is 970. The number of benzene rings is 2. The van der Waals surface area contributed by atoms with Crippen LogP contribution in [0.15, 0.2) is 67.0 Å². The van der Waals surface area contributed by atoms with E-state index in [0.717, 1.165) is 38.2 Å². The van der Waals surface area contributed by atoms with Crippen LogP contribution in [0.25, 0.3) is 0 Å². The molecule has 0 unspecified atom stereocenters. The van der Waals surface area contributed by atoms with E-state index in [4.69, 9.17) is 9.47 Å². The fraction of sp³-hybridized carbons (Fsp3) is 0.292. The van der Waals surface area contributed by atoms with Crippen LogP contribution in [0.4, 0.5) is 11.4 Å². The predicted molar refractivity (Wildman–Crippen MR) is 120 cm³/mol. The zero-order chi connectivity index (χ0) is 21.5. The highest BCUT2D eigenvalue weighted by molar-refractivity contribution is 6.03. The lowest BCUT2D eigenvalue weighted by atomic mass is 9.97. The highest BCUT2D eigenvalue weighted by atomic mass is 16.5. The van der Waals surface area contributed by atoms with Crippen LogP contribution in [0.2, 0.25) is 0 Å². The smallest absolute Gasteiger partial charge is 0.321 e. The van der Waals surface area contributed by atoms with Crippen LogP contribution in [-0.4, -0.2) is 42.7 Å².